The van der Waals surface area contributed by atoms with Crippen molar-refractivity contribution in [1.29, 1.82) is 0 Å². The van der Waals surface area contributed by atoms with Gasteiger partial charge in [-0.2, -0.15) is 0 Å². The highest BCUT2D eigenvalue weighted by Crippen LogP contribution is 2.09. The fraction of sp³-hybridized carbons (Fsp3) is 0.333. The fourth-order valence-electron chi connectivity index (χ4n) is 2.78. The summed E-state index contributed by atoms with van der Waals surface area (Å²) in [5, 5.41) is 14.4. The summed E-state index contributed by atoms with van der Waals surface area (Å²) in [6, 6.07) is 19.0. The molecule has 1 atom stereocenters. The predicted octanol–water partition coefficient (Wildman–Crippen LogP) is 2.21. The number of nitrogens with two attached hydrogens (primary N) is 1. The first-order chi connectivity index (χ1) is 14.7. The largest absolute Gasteiger partial charge is 0.445 e. The molecule has 9 heteroatoms. The second-order valence-corrected chi connectivity index (χ2v) is 6.71. The van der Waals surface area contributed by atoms with E-state index in [1.807, 2.05) is 60.7 Å². The van der Waals surface area contributed by atoms with Crippen molar-refractivity contribution in [2.45, 2.75) is 32.2 Å². The van der Waals surface area contributed by atoms with Crippen LogP contribution in [-0.2, 0) is 29.2 Å². The number of nitrogens with zero attached hydrogens (tertiary/aromatic N) is 4. The Bertz CT molecular complexity index is 888. The number of nitrogens with one attached hydrogen (secondary N) is 1. The van der Waals surface area contributed by atoms with Crippen LogP contribution in [-0.4, -0.2) is 39.5 Å². The number of tetrazole rings is 1. The lowest BCUT2D eigenvalue weighted by Gasteiger charge is -2.12. The summed E-state index contributed by atoms with van der Waals surface area (Å²) >= 11 is 0. The van der Waals surface area contributed by atoms with Crippen molar-refractivity contribution in [3.05, 3.63) is 77.6 Å². The predicted molar refractivity (Wildman–Crippen MR) is 110 cm³/mol. The number of aryl methyl sites for hydroxylation is 1. The fourth-order valence-corrected chi connectivity index (χ4v) is 2.78. The molecule has 30 heavy (non-hydrogen) atoms. The van der Waals surface area contributed by atoms with Crippen molar-refractivity contribution in [2.24, 2.45) is 5.73 Å². The average Bonchev–Trinajstić information content (AvgIpc) is 3.25. The second kappa shape index (κ2) is 11.6. The highest BCUT2D eigenvalue weighted by molar-refractivity contribution is 5.67. The number of ether oxygens (including phenoxy) is 2. The number of benzene rings is 2. The van der Waals surface area contributed by atoms with Gasteiger partial charge in [-0.3, -0.25) is 0 Å². The zero-order valence-corrected chi connectivity index (χ0v) is 16.7. The normalized spacial score (nSPS) is 11.8. The van der Waals surface area contributed by atoms with Gasteiger partial charge in [0.25, 0.3) is 0 Å². The Morgan fingerprint density at radius 3 is 2.40 bits per heavy atom. The number of rotatable bonds is 11. The maximum Gasteiger partial charge on any atom is 0.407 e. The van der Waals surface area contributed by atoms with E-state index in [9.17, 15) is 4.79 Å². The Morgan fingerprint density at radius 1 is 1.03 bits per heavy atom. The minimum atomic E-state index is -0.457. The third kappa shape index (κ3) is 6.94. The molecule has 0 aliphatic rings. The van der Waals surface area contributed by atoms with Crippen molar-refractivity contribution in [3.63, 3.8) is 0 Å². The van der Waals surface area contributed by atoms with Crippen molar-refractivity contribution < 1.29 is 14.3 Å². The zero-order valence-electron chi connectivity index (χ0n) is 16.7. The third-order valence-corrected chi connectivity index (χ3v) is 4.33. The number of hydrogen-bond donors (Lipinski definition) is 2. The summed E-state index contributed by atoms with van der Waals surface area (Å²) < 4.78 is 12.5. The van der Waals surface area contributed by atoms with Crippen LogP contribution in [0.15, 0.2) is 60.7 Å². The number of carbonyl (C=O) groups is 1. The molecule has 0 bridgehead atoms. The number of carbonyl (C=O) groups excluding carboxylic acids is 1. The molecule has 9 nitrogen and oxygen atoms in total. The summed E-state index contributed by atoms with van der Waals surface area (Å²) in [6.45, 7) is 1.98. The molecule has 158 valence electrons. The topological polar surface area (TPSA) is 117 Å². The molecular formula is C21H26N6O3. The minimum Gasteiger partial charge on any atom is -0.445 e. The summed E-state index contributed by atoms with van der Waals surface area (Å²) in [5.74, 6) is 0.551. The number of aromatic nitrogens is 4. The Hall–Kier alpha value is -3.30. The molecule has 1 aromatic heterocycles. The van der Waals surface area contributed by atoms with Gasteiger partial charge in [-0.05, 0) is 28.0 Å². The van der Waals surface area contributed by atoms with Crippen LogP contribution in [0.2, 0.25) is 0 Å². The summed E-state index contributed by atoms with van der Waals surface area (Å²) in [6.07, 6.45) is 0.178. The van der Waals surface area contributed by atoms with E-state index in [1.54, 1.807) is 4.68 Å². The Morgan fingerprint density at radius 2 is 1.70 bits per heavy atom. The van der Waals surface area contributed by atoms with Crippen LogP contribution in [0.25, 0.3) is 0 Å². The first kappa shape index (κ1) is 21.4. The first-order valence-corrected chi connectivity index (χ1v) is 9.80. The molecule has 1 unspecified atom stereocenters. The minimum absolute atomic E-state index is 0.238. The third-order valence-electron chi connectivity index (χ3n) is 4.33. The number of amides is 1. The lowest BCUT2D eigenvalue weighted by Crippen LogP contribution is -2.27. The summed E-state index contributed by atoms with van der Waals surface area (Å²) in [4.78, 5) is 11.8. The van der Waals surface area contributed by atoms with Gasteiger partial charge in [-0.25, -0.2) is 9.48 Å². The van der Waals surface area contributed by atoms with Gasteiger partial charge in [-0.15, -0.1) is 5.10 Å². The SMILES string of the molecule is NC(COCc1ccccc1)c1nnnn1CCCNC(=O)OCc1ccccc1. The highest BCUT2D eigenvalue weighted by Gasteiger charge is 2.15. The maximum atomic E-state index is 11.8. The summed E-state index contributed by atoms with van der Waals surface area (Å²) in [5.41, 5.74) is 8.19. The molecule has 3 N–H and O–H groups in total. The molecular weight excluding hydrogens is 384 g/mol. The first-order valence-electron chi connectivity index (χ1n) is 9.80. The van der Waals surface area contributed by atoms with Crippen LogP contribution < -0.4 is 11.1 Å². The zero-order chi connectivity index (χ0) is 21.0. The molecule has 0 aliphatic carbocycles. The number of alkyl carbamates (subject to hydrolysis) is 1. The van der Waals surface area contributed by atoms with Crippen molar-refractivity contribution in [1.82, 2.24) is 25.5 Å². The van der Waals surface area contributed by atoms with Crippen LogP contribution in [0.1, 0.15) is 29.4 Å². The Labute approximate surface area is 175 Å². The van der Waals surface area contributed by atoms with Gasteiger partial charge in [0.1, 0.15) is 6.61 Å². The van der Waals surface area contributed by atoms with Crippen LogP contribution in [0.5, 0.6) is 0 Å². The smallest absolute Gasteiger partial charge is 0.407 e. The molecule has 3 rings (SSSR count). The van der Waals surface area contributed by atoms with Gasteiger partial charge in [0.15, 0.2) is 5.82 Å². The van der Waals surface area contributed by atoms with Gasteiger partial charge in [0, 0.05) is 13.1 Å². The molecule has 0 fully saturated rings. The molecule has 3 aromatic rings. The molecule has 0 spiro atoms. The van der Waals surface area contributed by atoms with Gasteiger partial charge in [0.05, 0.1) is 19.3 Å². The van der Waals surface area contributed by atoms with Crippen LogP contribution in [0.3, 0.4) is 0 Å². The van der Waals surface area contributed by atoms with Gasteiger partial charge >= 0.3 is 6.09 Å². The van der Waals surface area contributed by atoms with E-state index in [1.165, 1.54) is 0 Å². The van der Waals surface area contributed by atoms with E-state index in [0.717, 1.165) is 11.1 Å². The lowest BCUT2D eigenvalue weighted by atomic mass is 10.2. The molecule has 0 saturated heterocycles. The standard InChI is InChI=1S/C21H26N6O3/c22-19(16-29-14-17-8-3-1-4-9-17)20-24-25-26-27(20)13-7-12-23-21(28)30-15-18-10-5-2-6-11-18/h1-6,8-11,19H,7,12-16,22H2,(H,23,28). The quantitative estimate of drug-likeness (QED) is 0.465. The molecule has 0 saturated carbocycles. The van der Waals surface area contributed by atoms with Crippen LogP contribution in [0, 0.1) is 0 Å². The lowest BCUT2D eigenvalue weighted by molar-refractivity contribution is 0.105. The average molecular weight is 410 g/mol. The van der Waals surface area contributed by atoms with Gasteiger partial charge < -0.3 is 20.5 Å². The summed E-state index contributed by atoms with van der Waals surface area (Å²) in [7, 11) is 0. The van der Waals surface area contributed by atoms with E-state index < -0.39 is 12.1 Å². The van der Waals surface area contributed by atoms with E-state index in [4.69, 9.17) is 15.2 Å². The molecule has 0 radical (unpaired) electrons. The molecule has 1 amide bonds. The van der Waals surface area contributed by atoms with Crippen molar-refractivity contribution in [2.75, 3.05) is 13.2 Å². The Kier molecular flexibility index (Phi) is 8.31. The highest BCUT2D eigenvalue weighted by atomic mass is 16.5. The molecule has 2 aromatic carbocycles. The van der Waals surface area contributed by atoms with E-state index in [-0.39, 0.29) is 6.61 Å². The molecule has 1 heterocycles. The van der Waals surface area contributed by atoms with E-state index in [2.05, 4.69) is 20.8 Å². The van der Waals surface area contributed by atoms with Crippen LogP contribution in [0.4, 0.5) is 4.79 Å². The van der Waals surface area contributed by atoms with Gasteiger partial charge in [-0.1, -0.05) is 60.7 Å². The van der Waals surface area contributed by atoms with Gasteiger partial charge in [0.2, 0.25) is 0 Å². The van der Waals surface area contributed by atoms with Crippen LogP contribution >= 0.6 is 0 Å². The van der Waals surface area contributed by atoms with E-state index in [0.29, 0.717) is 38.5 Å². The van der Waals surface area contributed by atoms with Crippen molar-refractivity contribution in [3.8, 4) is 0 Å². The van der Waals surface area contributed by atoms with E-state index >= 15 is 0 Å². The Balaban J connectivity index is 1.34. The molecule has 0 aliphatic heterocycles. The second-order valence-electron chi connectivity index (χ2n) is 6.71. The monoisotopic (exact) mass is 410 g/mol. The number of hydrogen-bond acceptors (Lipinski definition) is 7. The maximum absolute atomic E-state index is 11.8. The van der Waals surface area contributed by atoms with Crippen molar-refractivity contribution >= 4 is 6.09 Å².